The first-order valence-corrected chi connectivity index (χ1v) is 6.24. The molecule has 72 valence electrons. The maximum Gasteiger partial charge on any atom is 0.0814 e. The molecular formula is C10H13BrOS. The molecule has 1 aliphatic carbocycles. The number of hydrogen-bond acceptors (Lipinski definition) is 2. The SMILES string of the molecule is CC1(CC(O)c2cscc2Br)CC1. The molecule has 0 amide bonds. The molecule has 1 aromatic rings. The van der Waals surface area contributed by atoms with Crippen molar-refractivity contribution in [3.63, 3.8) is 0 Å². The van der Waals surface area contributed by atoms with Gasteiger partial charge in [-0.1, -0.05) is 6.92 Å². The van der Waals surface area contributed by atoms with Crippen LogP contribution < -0.4 is 0 Å². The van der Waals surface area contributed by atoms with E-state index >= 15 is 0 Å². The highest BCUT2D eigenvalue weighted by Gasteiger charge is 2.39. The molecule has 1 atom stereocenters. The van der Waals surface area contributed by atoms with Gasteiger partial charge < -0.3 is 5.11 Å². The summed E-state index contributed by atoms with van der Waals surface area (Å²) in [4.78, 5) is 0. The van der Waals surface area contributed by atoms with E-state index in [0.29, 0.717) is 5.41 Å². The lowest BCUT2D eigenvalue weighted by atomic mass is 9.98. The van der Waals surface area contributed by atoms with Gasteiger partial charge in [0.1, 0.15) is 0 Å². The molecule has 0 radical (unpaired) electrons. The molecule has 2 rings (SSSR count). The summed E-state index contributed by atoms with van der Waals surface area (Å²) in [5.41, 5.74) is 1.47. The fourth-order valence-electron chi connectivity index (χ4n) is 1.52. The highest BCUT2D eigenvalue weighted by atomic mass is 79.9. The highest BCUT2D eigenvalue weighted by molar-refractivity contribution is 9.10. The van der Waals surface area contributed by atoms with Crippen molar-refractivity contribution in [3.8, 4) is 0 Å². The fourth-order valence-corrected chi connectivity index (χ4v) is 3.13. The van der Waals surface area contributed by atoms with Crippen LogP contribution in [0.5, 0.6) is 0 Å². The van der Waals surface area contributed by atoms with Crippen molar-refractivity contribution >= 4 is 27.3 Å². The number of aliphatic hydroxyl groups is 1. The maximum atomic E-state index is 9.94. The van der Waals surface area contributed by atoms with Gasteiger partial charge in [-0.15, -0.1) is 0 Å². The summed E-state index contributed by atoms with van der Waals surface area (Å²) >= 11 is 5.08. The third-order valence-electron chi connectivity index (χ3n) is 2.79. The van der Waals surface area contributed by atoms with E-state index in [1.165, 1.54) is 12.8 Å². The summed E-state index contributed by atoms with van der Waals surface area (Å²) in [7, 11) is 0. The molecule has 0 saturated heterocycles. The second kappa shape index (κ2) is 3.37. The van der Waals surface area contributed by atoms with Crippen LogP contribution in [0.25, 0.3) is 0 Å². The number of aliphatic hydroxyl groups excluding tert-OH is 1. The second-order valence-electron chi connectivity index (χ2n) is 4.21. The van der Waals surface area contributed by atoms with Crippen LogP contribution in [0.15, 0.2) is 15.2 Å². The molecule has 1 heterocycles. The van der Waals surface area contributed by atoms with Crippen LogP contribution in [-0.2, 0) is 0 Å². The number of halogens is 1. The van der Waals surface area contributed by atoms with Gasteiger partial charge >= 0.3 is 0 Å². The molecule has 1 unspecified atom stereocenters. The Labute approximate surface area is 90.9 Å². The van der Waals surface area contributed by atoms with Gasteiger partial charge in [0, 0.05) is 15.4 Å². The Balaban J connectivity index is 2.05. The van der Waals surface area contributed by atoms with Crippen molar-refractivity contribution in [1.29, 1.82) is 0 Å². The zero-order valence-corrected chi connectivity index (χ0v) is 9.99. The normalized spacial score (nSPS) is 21.5. The second-order valence-corrected chi connectivity index (χ2v) is 5.80. The third-order valence-corrected chi connectivity index (χ3v) is 4.54. The summed E-state index contributed by atoms with van der Waals surface area (Å²) in [6, 6.07) is 0. The molecule has 1 fully saturated rings. The van der Waals surface area contributed by atoms with Crippen LogP contribution in [0.1, 0.15) is 37.9 Å². The van der Waals surface area contributed by atoms with E-state index in [4.69, 9.17) is 0 Å². The Morgan fingerprint density at radius 2 is 2.31 bits per heavy atom. The topological polar surface area (TPSA) is 20.2 Å². The smallest absolute Gasteiger partial charge is 0.0814 e. The first kappa shape index (κ1) is 9.69. The van der Waals surface area contributed by atoms with E-state index in [9.17, 15) is 5.11 Å². The lowest BCUT2D eigenvalue weighted by molar-refractivity contribution is 0.142. The van der Waals surface area contributed by atoms with Crippen LogP contribution in [0.4, 0.5) is 0 Å². The lowest BCUT2D eigenvalue weighted by Gasteiger charge is -2.14. The quantitative estimate of drug-likeness (QED) is 0.878. The number of rotatable bonds is 3. The number of hydrogen-bond donors (Lipinski definition) is 1. The van der Waals surface area contributed by atoms with Crippen molar-refractivity contribution in [2.24, 2.45) is 5.41 Å². The highest BCUT2D eigenvalue weighted by Crippen LogP contribution is 2.51. The number of thiophene rings is 1. The Bertz CT molecular complexity index is 304. The van der Waals surface area contributed by atoms with Crippen LogP contribution in [0, 0.1) is 5.41 Å². The van der Waals surface area contributed by atoms with Gasteiger partial charge in [0.2, 0.25) is 0 Å². The van der Waals surface area contributed by atoms with Crippen molar-refractivity contribution in [1.82, 2.24) is 0 Å². The van der Waals surface area contributed by atoms with E-state index in [2.05, 4.69) is 22.9 Å². The van der Waals surface area contributed by atoms with Crippen LogP contribution >= 0.6 is 27.3 Å². The molecule has 1 aromatic heterocycles. The van der Waals surface area contributed by atoms with Gasteiger partial charge in [0.05, 0.1) is 6.10 Å². The molecule has 0 bridgehead atoms. The fraction of sp³-hybridized carbons (Fsp3) is 0.600. The van der Waals surface area contributed by atoms with E-state index in [0.717, 1.165) is 16.5 Å². The zero-order chi connectivity index (χ0) is 9.47. The molecular weight excluding hydrogens is 248 g/mol. The van der Waals surface area contributed by atoms with Gasteiger partial charge in [-0.3, -0.25) is 0 Å². The summed E-state index contributed by atoms with van der Waals surface area (Å²) in [6.07, 6.45) is 3.16. The Morgan fingerprint density at radius 1 is 1.62 bits per heavy atom. The summed E-state index contributed by atoms with van der Waals surface area (Å²) in [6.45, 7) is 2.25. The average Bonchev–Trinajstić information content (AvgIpc) is 2.63. The van der Waals surface area contributed by atoms with Gasteiger partial charge in [0.25, 0.3) is 0 Å². The predicted molar refractivity (Wildman–Crippen MR) is 58.9 cm³/mol. The lowest BCUT2D eigenvalue weighted by Crippen LogP contribution is -2.04. The van der Waals surface area contributed by atoms with Crippen molar-refractivity contribution in [3.05, 3.63) is 20.8 Å². The van der Waals surface area contributed by atoms with E-state index in [1.807, 2.05) is 10.8 Å². The molecule has 1 aliphatic rings. The van der Waals surface area contributed by atoms with Gasteiger partial charge in [0.15, 0.2) is 0 Å². The van der Waals surface area contributed by atoms with E-state index < -0.39 is 0 Å². The standard InChI is InChI=1S/C10H13BrOS/c1-10(2-3-10)4-9(12)7-5-13-6-8(7)11/h5-6,9,12H,2-4H2,1H3. The molecule has 1 N–H and O–H groups in total. The molecule has 3 heteroatoms. The monoisotopic (exact) mass is 260 g/mol. The molecule has 1 saturated carbocycles. The Morgan fingerprint density at radius 3 is 2.77 bits per heavy atom. The van der Waals surface area contributed by atoms with Crippen molar-refractivity contribution < 1.29 is 5.11 Å². The van der Waals surface area contributed by atoms with Crippen molar-refractivity contribution in [2.75, 3.05) is 0 Å². The summed E-state index contributed by atoms with van der Waals surface area (Å²) < 4.78 is 1.05. The van der Waals surface area contributed by atoms with Gasteiger partial charge in [-0.2, -0.15) is 11.3 Å². The maximum absolute atomic E-state index is 9.94. The van der Waals surface area contributed by atoms with Crippen molar-refractivity contribution in [2.45, 2.75) is 32.3 Å². The van der Waals surface area contributed by atoms with Crippen LogP contribution in [-0.4, -0.2) is 5.11 Å². The molecule has 0 aliphatic heterocycles. The average molecular weight is 261 g/mol. The molecule has 0 aromatic carbocycles. The summed E-state index contributed by atoms with van der Waals surface area (Å²) in [5.74, 6) is 0. The minimum absolute atomic E-state index is 0.284. The Hall–Kier alpha value is 0.140. The minimum Gasteiger partial charge on any atom is -0.388 e. The van der Waals surface area contributed by atoms with Crippen LogP contribution in [0.2, 0.25) is 0 Å². The molecule has 13 heavy (non-hydrogen) atoms. The van der Waals surface area contributed by atoms with Gasteiger partial charge in [-0.25, -0.2) is 0 Å². The molecule has 0 spiro atoms. The predicted octanol–water partition coefficient (Wildman–Crippen LogP) is 3.73. The molecule has 1 nitrogen and oxygen atoms in total. The largest absolute Gasteiger partial charge is 0.388 e. The zero-order valence-electron chi connectivity index (χ0n) is 7.59. The van der Waals surface area contributed by atoms with Crippen LogP contribution in [0.3, 0.4) is 0 Å². The third kappa shape index (κ3) is 2.14. The first-order valence-electron chi connectivity index (χ1n) is 4.50. The first-order chi connectivity index (χ1) is 6.11. The summed E-state index contributed by atoms with van der Waals surface area (Å²) in [5, 5.41) is 14.0. The van der Waals surface area contributed by atoms with E-state index in [1.54, 1.807) is 11.3 Å². The minimum atomic E-state index is -0.284. The Kier molecular flexibility index (Phi) is 2.51. The van der Waals surface area contributed by atoms with Gasteiger partial charge in [-0.05, 0) is 46.0 Å². The van der Waals surface area contributed by atoms with E-state index in [-0.39, 0.29) is 6.10 Å².